The van der Waals surface area contributed by atoms with Crippen molar-refractivity contribution in [2.24, 2.45) is 0 Å². The smallest absolute Gasteiger partial charge is 0.311 e. The first kappa shape index (κ1) is 19.6. The Bertz CT molecular complexity index is 1120. The van der Waals surface area contributed by atoms with E-state index in [9.17, 15) is 4.79 Å². The van der Waals surface area contributed by atoms with Gasteiger partial charge in [-0.1, -0.05) is 66.2 Å². The molecule has 0 bridgehead atoms. The van der Waals surface area contributed by atoms with E-state index >= 15 is 0 Å². The molecule has 0 atom stereocenters. The Morgan fingerprint density at radius 1 is 0.900 bits per heavy atom. The van der Waals surface area contributed by atoms with Crippen molar-refractivity contribution < 1.29 is 13.9 Å². The molecule has 1 aromatic heterocycles. The molecular formula is C25H22N2O3. The molecule has 0 radical (unpaired) electrons. The van der Waals surface area contributed by atoms with Crippen molar-refractivity contribution in [2.45, 2.75) is 26.2 Å². The second kappa shape index (κ2) is 9.18. The zero-order valence-electron chi connectivity index (χ0n) is 16.7. The lowest BCUT2D eigenvalue weighted by atomic mass is 10.0. The summed E-state index contributed by atoms with van der Waals surface area (Å²) in [5.41, 5.74) is 4.15. The molecule has 1 heterocycles. The second-order valence-corrected chi connectivity index (χ2v) is 7.11. The highest BCUT2D eigenvalue weighted by atomic mass is 16.5. The van der Waals surface area contributed by atoms with E-state index in [4.69, 9.17) is 9.15 Å². The zero-order valence-corrected chi connectivity index (χ0v) is 16.7. The van der Waals surface area contributed by atoms with Crippen LogP contribution < -0.4 is 4.74 Å². The molecule has 0 aliphatic heterocycles. The van der Waals surface area contributed by atoms with Crippen LogP contribution in [-0.4, -0.2) is 16.2 Å². The molecule has 150 valence electrons. The van der Waals surface area contributed by atoms with E-state index in [2.05, 4.69) is 22.3 Å². The SMILES string of the molecule is Cc1ccc(-c2nnc(CCC(=O)Oc3ccccc3Cc3ccccc3)o2)cc1. The van der Waals surface area contributed by atoms with Gasteiger partial charge in [0.1, 0.15) is 5.75 Å². The van der Waals surface area contributed by atoms with Gasteiger partial charge < -0.3 is 9.15 Å². The highest BCUT2D eigenvalue weighted by Gasteiger charge is 2.13. The van der Waals surface area contributed by atoms with E-state index in [1.165, 1.54) is 0 Å². The Kier molecular flexibility index (Phi) is 5.99. The molecule has 0 fully saturated rings. The number of aryl methyl sites for hydroxylation is 2. The number of hydrogen-bond acceptors (Lipinski definition) is 5. The molecule has 0 saturated carbocycles. The number of ether oxygens (including phenoxy) is 1. The first-order valence-electron chi connectivity index (χ1n) is 9.89. The number of carbonyl (C=O) groups excluding carboxylic acids is 1. The summed E-state index contributed by atoms with van der Waals surface area (Å²) in [6, 6.07) is 25.5. The van der Waals surface area contributed by atoms with Gasteiger partial charge in [0.25, 0.3) is 0 Å². The number of esters is 1. The fourth-order valence-corrected chi connectivity index (χ4v) is 3.12. The molecule has 3 aromatic carbocycles. The highest BCUT2D eigenvalue weighted by Crippen LogP contribution is 2.23. The maximum absolute atomic E-state index is 12.4. The molecule has 0 N–H and O–H groups in total. The van der Waals surface area contributed by atoms with Crippen LogP contribution in [0.25, 0.3) is 11.5 Å². The van der Waals surface area contributed by atoms with Crippen molar-refractivity contribution in [1.29, 1.82) is 0 Å². The monoisotopic (exact) mass is 398 g/mol. The molecule has 5 nitrogen and oxygen atoms in total. The third-order valence-electron chi connectivity index (χ3n) is 4.74. The number of nitrogens with zero attached hydrogens (tertiary/aromatic N) is 2. The topological polar surface area (TPSA) is 65.2 Å². The number of carbonyl (C=O) groups is 1. The van der Waals surface area contributed by atoms with Crippen LogP contribution in [0.4, 0.5) is 0 Å². The average Bonchev–Trinajstić information content (AvgIpc) is 3.24. The summed E-state index contributed by atoms with van der Waals surface area (Å²) in [7, 11) is 0. The molecule has 4 rings (SSSR count). The molecule has 30 heavy (non-hydrogen) atoms. The number of para-hydroxylation sites is 1. The van der Waals surface area contributed by atoms with E-state index < -0.39 is 0 Å². The van der Waals surface area contributed by atoms with Crippen LogP contribution in [0.2, 0.25) is 0 Å². The molecule has 0 saturated heterocycles. The average molecular weight is 398 g/mol. The Balaban J connectivity index is 1.36. The van der Waals surface area contributed by atoms with Crippen LogP contribution in [0.5, 0.6) is 5.75 Å². The summed E-state index contributed by atoms with van der Waals surface area (Å²) in [6.07, 6.45) is 1.20. The second-order valence-electron chi connectivity index (χ2n) is 7.11. The lowest BCUT2D eigenvalue weighted by molar-refractivity contribution is -0.134. The van der Waals surface area contributed by atoms with Gasteiger partial charge in [-0.2, -0.15) is 0 Å². The van der Waals surface area contributed by atoms with Gasteiger partial charge in [0.15, 0.2) is 0 Å². The number of benzene rings is 3. The van der Waals surface area contributed by atoms with Crippen LogP contribution in [0, 0.1) is 6.92 Å². The summed E-state index contributed by atoms with van der Waals surface area (Å²) in [4.78, 5) is 12.4. The minimum Gasteiger partial charge on any atom is -0.426 e. The third-order valence-corrected chi connectivity index (χ3v) is 4.74. The van der Waals surface area contributed by atoms with Crippen molar-refractivity contribution in [2.75, 3.05) is 0 Å². The lowest BCUT2D eigenvalue weighted by Gasteiger charge is -2.10. The van der Waals surface area contributed by atoms with E-state index in [1.54, 1.807) is 0 Å². The van der Waals surface area contributed by atoms with Gasteiger partial charge in [-0.05, 0) is 36.2 Å². The molecule has 0 unspecified atom stereocenters. The van der Waals surface area contributed by atoms with E-state index in [0.717, 1.165) is 22.3 Å². The van der Waals surface area contributed by atoms with E-state index in [1.807, 2.05) is 73.7 Å². The summed E-state index contributed by atoms with van der Waals surface area (Å²) < 4.78 is 11.3. The number of hydrogen-bond donors (Lipinski definition) is 0. The van der Waals surface area contributed by atoms with Crippen LogP contribution >= 0.6 is 0 Å². The molecule has 0 spiro atoms. The normalized spacial score (nSPS) is 10.7. The quantitative estimate of drug-likeness (QED) is 0.317. The Hall–Kier alpha value is -3.73. The van der Waals surface area contributed by atoms with Gasteiger partial charge in [-0.25, -0.2) is 0 Å². The predicted molar refractivity (Wildman–Crippen MR) is 114 cm³/mol. The van der Waals surface area contributed by atoms with Gasteiger partial charge in [0.2, 0.25) is 11.8 Å². The molecule has 0 aliphatic carbocycles. The molecule has 5 heteroatoms. The summed E-state index contributed by atoms with van der Waals surface area (Å²) in [5, 5.41) is 8.11. The van der Waals surface area contributed by atoms with Crippen molar-refractivity contribution in [1.82, 2.24) is 10.2 Å². The summed E-state index contributed by atoms with van der Waals surface area (Å²) >= 11 is 0. The summed E-state index contributed by atoms with van der Waals surface area (Å²) in [5.74, 6) is 1.12. The van der Waals surface area contributed by atoms with Crippen LogP contribution in [-0.2, 0) is 17.6 Å². The van der Waals surface area contributed by atoms with Crippen molar-refractivity contribution in [3.05, 3.63) is 101 Å². The molecule has 4 aromatic rings. The van der Waals surface area contributed by atoms with Crippen molar-refractivity contribution in [3.8, 4) is 17.2 Å². The van der Waals surface area contributed by atoms with E-state index in [0.29, 0.717) is 30.4 Å². The predicted octanol–water partition coefficient (Wildman–Crippen LogP) is 5.17. The van der Waals surface area contributed by atoms with Gasteiger partial charge in [0, 0.05) is 18.4 Å². The largest absolute Gasteiger partial charge is 0.426 e. The minimum atomic E-state index is -0.328. The number of rotatable bonds is 7. The van der Waals surface area contributed by atoms with Gasteiger partial charge in [-0.3, -0.25) is 4.79 Å². The van der Waals surface area contributed by atoms with Crippen molar-refractivity contribution in [3.63, 3.8) is 0 Å². The number of aromatic nitrogens is 2. The highest BCUT2D eigenvalue weighted by molar-refractivity contribution is 5.73. The molecule has 0 amide bonds. The first-order chi connectivity index (χ1) is 14.7. The van der Waals surface area contributed by atoms with Gasteiger partial charge in [0.05, 0.1) is 6.42 Å². The molecule has 0 aliphatic rings. The fraction of sp³-hybridized carbons (Fsp3) is 0.160. The molecular weight excluding hydrogens is 376 g/mol. The lowest BCUT2D eigenvalue weighted by Crippen LogP contribution is -2.10. The standard InChI is InChI=1S/C25H22N2O3/c1-18-11-13-20(14-12-18)25-27-26-23(30-25)15-16-24(28)29-22-10-6-5-9-21(22)17-19-7-3-2-4-8-19/h2-14H,15-17H2,1H3. The minimum absolute atomic E-state index is 0.162. The summed E-state index contributed by atoms with van der Waals surface area (Å²) in [6.45, 7) is 2.02. The maximum atomic E-state index is 12.4. The Morgan fingerprint density at radius 2 is 1.63 bits per heavy atom. The Labute approximate surface area is 175 Å². The first-order valence-corrected chi connectivity index (χ1v) is 9.89. The van der Waals surface area contributed by atoms with Crippen LogP contribution in [0.3, 0.4) is 0 Å². The van der Waals surface area contributed by atoms with Crippen LogP contribution in [0.15, 0.2) is 83.3 Å². The Morgan fingerprint density at radius 3 is 2.43 bits per heavy atom. The van der Waals surface area contributed by atoms with Gasteiger partial charge >= 0.3 is 5.97 Å². The van der Waals surface area contributed by atoms with Crippen molar-refractivity contribution >= 4 is 5.97 Å². The van der Waals surface area contributed by atoms with Gasteiger partial charge in [-0.15, -0.1) is 10.2 Å². The van der Waals surface area contributed by atoms with E-state index in [-0.39, 0.29) is 12.4 Å². The third kappa shape index (κ3) is 5.00. The zero-order chi connectivity index (χ0) is 20.8. The maximum Gasteiger partial charge on any atom is 0.311 e. The fourth-order valence-electron chi connectivity index (χ4n) is 3.12. The van der Waals surface area contributed by atoms with Crippen LogP contribution in [0.1, 0.15) is 29.0 Å².